The van der Waals surface area contributed by atoms with Crippen molar-refractivity contribution >= 4 is 28.6 Å². The van der Waals surface area contributed by atoms with Gasteiger partial charge in [0.2, 0.25) is 0 Å². The number of pyridine rings is 2. The molecule has 0 aliphatic rings. The molecule has 0 saturated heterocycles. The average molecular weight is 475 g/mol. The Kier molecular flexibility index (Phi) is 7.05. The lowest BCUT2D eigenvalue weighted by molar-refractivity contribution is -0.118. The summed E-state index contributed by atoms with van der Waals surface area (Å²) in [4.78, 5) is 47.9. The molecule has 9 heteroatoms. The van der Waals surface area contributed by atoms with Gasteiger partial charge in [0.15, 0.2) is 5.49 Å². The summed E-state index contributed by atoms with van der Waals surface area (Å²) in [5.41, 5.74) is 0.566. The number of esters is 1. The molecule has 0 radical (unpaired) electrons. The van der Waals surface area contributed by atoms with Crippen LogP contribution < -0.4 is 15.8 Å². The van der Waals surface area contributed by atoms with Crippen LogP contribution in [0.15, 0.2) is 70.6 Å². The van der Waals surface area contributed by atoms with Gasteiger partial charge in [0.25, 0.3) is 11.5 Å². The summed E-state index contributed by atoms with van der Waals surface area (Å²) in [6, 6.07) is 15.5. The average Bonchev–Trinajstić information content (AvgIpc) is 2.84. The van der Waals surface area contributed by atoms with Gasteiger partial charge in [-0.1, -0.05) is 24.3 Å². The summed E-state index contributed by atoms with van der Waals surface area (Å²) in [6.07, 6.45) is 1.61. The SMILES string of the molecule is CCOC(=O)c1cc2c(=O)n3ccccc3nc2n(C(C)C)c1=NC(=O)CCOc1ccccc1. The van der Waals surface area contributed by atoms with Gasteiger partial charge >= 0.3 is 5.97 Å². The Balaban J connectivity index is 1.87. The summed E-state index contributed by atoms with van der Waals surface area (Å²) in [6.45, 7) is 5.67. The van der Waals surface area contributed by atoms with E-state index in [1.807, 2.05) is 32.0 Å². The Bertz CT molecular complexity index is 1520. The number of hydrogen-bond acceptors (Lipinski definition) is 6. The number of ether oxygens (including phenoxy) is 2. The first kappa shape index (κ1) is 23.9. The number of carbonyl (C=O) groups excluding carboxylic acids is 2. The molecule has 180 valence electrons. The number of benzene rings is 1. The van der Waals surface area contributed by atoms with E-state index in [2.05, 4.69) is 9.98 Å². The second kappa shape index (κ2) is 10.3. The van der Waals surface area contributed by atoms with Crippen molar-refractivity contribution < 1.29 is 19.1 Å². The maximum Gasteiger partial charge on any atom is 0.341 e. The lowest BCUT2D eigenvalue weighted by Gasteiger charge is -2.17. The molecule has 0 spiro atoms. The van der Waals surface area contributed by atoms with Gasteiger partial charge < -0.3 is 14.0 Å². The van der Waals surface area contributed by atoms with Crippen LogP contribution in [0.1, 0.15) is 43.6 Å². The highest BCUT2D eigenvalue weighted by atomic mass is 16.5. The number of carbonyl (C=O) groups is 2. The van der Waals surface area contributed by atoms with Crippen LogP contribution in [-0.4, -0.2) is 39.0 Å². The van der Waals surface area contributed by atoms with Gasteiger partial charge in [-0.15, -0.1) is 0 Å². The third-order valence-corrected chi connectivity index (χ3v) is 5.31. The van der Waals surface area contributed by atoms with Gasteiger partial charge in [-0.05, 0) is 51.1 Å². The molecule has 1 aromatic carbocycles. The third kappa shape index (κ3) is 4.98. The fourth-order valence-corrected chi connectivity index (χ4v) is 3.75. The number of nitrogens with zero attached hydrogens (tertiary/aromatic N) is 4. The molecule has 1 amide bonds. The first-order valence-electron chi connectivity index (χ1n) is 11.4. The quantitative estimate of drug-likeness (QED) is 0.301. The highest BCUT2D eigenvalue weighted by Crippen LogP contribution is 2.15. The normalized spacial score (nSPS) is 11.8. The summed E-state index contributed by atoms with van der Waals surface area (Å²) < 4.78 is 13.9. The van der Waals surface area contributed by atoms with E-state index in [-0.39, 0.29) is 47.7 Å². The summed E-state index contributed by atoms with van der Waals surface area (Å²) in [7, 11) is 0. The van der Waals surface area contributed by atoms with E-state index in [9.17, 15) is 14.4 Å². The number of fused-ring (bicyclic) bond motifs is 2. The maximum absolute atomic E-state index is 13.2. The Labute approximate surface area is 201 Å². The van der Waals surface area contributed by atoms with Crippen molar-refractivity contribution in [3.63, 3.8) is 0 Å². The number of hydrogen-bond donors (Lipinski definition) is 0. The predicted octanol–water partition coefficient (Wildman–Crippen LogP) is 3.30. The molecular formula is C26H26N4O5. The van der Waals surface area contributed by atoms with Crippen LogP contribution in [0.25, 0.3) is 16.7 Å². The van der Waals surface area contributed by atoms with Crippen LogP contribution >= 0.6 is 0 Å². The van der Waals surface area contributed by atoms with E-state index in [1.165, 1.54) is 10.5 Å². The minimum atomic E-state index is -0.673. The molecule has 35 heavy (non-hydrogen) atoms. The van der Waals surface area contributed by atoms with Gasteiger partial charge in [0.1, 0.15) is 22.6 Å². The Morgan fingerprint density at radius 1 is 1.09 bits per heavy atom. The smallest absolute Gasteiger partial charge is 0.341 e. The van der Waals surface area contributed by atoms with Crippen molar-refractivity contribution in [2.75, 3.05) is 13.2 Å². The van der Waals surface area contributed by atoms with Crippen LogP contribution in [0, 0.1) is 0 Å². The second-order valence-corrected chi connectivity index (χ2v) is 8.07. The number of aromatic nitrogens is 3. The molecular weight excluding hydrogens is 448 g/mol. The highest BCUT2D eigenvalue weighted by Gasteiger charge is 2.21. The standard InChI is InChI=1S/C26H26N4O5/c1-4-34-26(33)20-16-19-23(27-21-12-8-9-14-29(21)25(19)32)30(17(2)3)24(20)28-22(31)13-15-35-18-10-6-5-7-11-18/h5-12,14,16-17H,4,13,15H2,1-3H3. The van der Waals surface area contributed by atoms with Gasteiger partial charge in [-0.3, -0.25) is 14.0 Å². The molecule has 0 unspecified atom stereocenters. The molecule has 0 fully saturated rings. The zero-order valence-electron chi connectivity index (χ0n) is 19.8. The van der Waals surface area contributed by atoms with Gasteiger partial charge in [-0.25, -0.2) is 9.78 Å². The molecule has 0 N–H and O–H groups in total. The van der Waals surface area contributed by atoms with Crippen LogP contribution in [0.4, 0.5) is 0 Å². The molecule has 0 atom stereocenters. The number of para-hydroxylation sites is 1. The predicted molar refractivity (Wildman–Crippen MR) is 130 cm³/mol. The number of rotatable bonds is 7. The molecule has 0 bridgehead atoms. The van der Waals surface area contributed by atoms with E-state index in [4.69, 9.17) is 9.47 Å². The van der Waals surface area contributed by atoms with Gasteiger partial charge in [0, 0.05) is 12.2 Å². The lowest BCUT2D eigenvalue weighted by atomic mass is 10.2. The Hall–Kier alpha value is -4.27. The molecule has 9 nitrogen and oxygen atoms in total. The molecule has 4 aromatic rings. The lowest BCUT2D eigenvalue weighted by Crippen LogP contribution is -2.33. The molecule has 0 saturated carbocycles. The largest absolute Gasteiger partial charge is 0.493 e. The molecule has 3 aromatic heterocycles. The van der Waals surface area contributed by atoms with Crippen molar-refractivity contribution in [2.45, 2.75) is 33.2 Å². The number of amides is 1. The Morgan fingerprint density at radius 2 is 1.83 bits per heavy atom. The van der Waals surface area contributed by atoms with Gasteiger partial charge in [0.05, 0.1) is 25.0 Å². The van der Waals surface area contributed by atoms with Crippen molar-refractivity contribution in [3.05, 3.63) is 82.2 Å². The van der Waals surface area contributed by atoms with Crippen molar-refractivity contribution in [2.24, 2.45) is 4.99 Å². The summed E-state index contributed by atoms with van der Waals surface area (Å²) in [5.74, 6) is -0.502. The van der Waals surface area contributed by atoms with Crippen LogP contribution in [0.3, 0.4) is 0 Å². The van der Waals surface area contributed by atoms with E-state index >= 15 is 0 Å². The fourth-order valence-electron chi connectivity index (χ4n) is 3.75. The van der Waals surface area contributed by atoms with Crippen LogP contribution in [0.2, 0.25) is 0 Å². The first-order chi connectivity index (χ1) is 16.9. The topological polar surface area (TPSA) is 104 Å². The van der Waals surface area contributed by atoms with Crippen molar-refractivity contribution in [1.29, 1.82) is 0 Å². The molecule has 3 heterocycles. The first-order valence-corrected chi connectivity index (χ1v) is 11.4. The minimum Gasteiger partial charge on any atom is -0.493 e. The molecule has 4 rings (SSSR count). The maximum atomic E-state index is 13.2. The zero-order valence-corrected chi connectivity index (χ0v) is 19.8. The highest BCUT2D eigenvalue weighted by molar-refractivity contribution is 5.93. The fraction of sp³-hybridized carbons (Fsp3) is 0.269. The van der Waals surface area contributed by atoms with Crippen LogP contribution in [0.5, 0.6) is 5.75 Å². The van der Waals surface area contributed by atoms with Crippen LogP contribution in [-0.2, 0) is 9.53 Å². The second-order valence-electron chi connectivity index (χ2n) is 8.07. The van der Waals surface area contributed by atoms with E-state index in [0.717, 1.165) is 0 Å². The van der Waals surface area contributed by atoms with Crippen molar-refractivity contribution in [1.82, 2.24) is 14.0 Å². The monoisotopic (exact) mass is 474 g/mol. The van der Waals surface area contributed by atoms with Crippen molar-refractivity contribution in [3.8, 4) is 5.75 Å². The van der Waals surface area contributed by atoms with E-state index < -0.39 is 11.9 Å². The van der Waals surface area contributed by atoms with Gasteiger partial charge in [-0.2, -0.15) is 4.99 Å². The summed E-state index contributed by atoms with van der Waals surface area (Å²) in [5, 5.41) is 0.226. The van der Waals surface area contributed by atoms with E-state index in [1.54, 1.807) is 48.0 Å². The summed E-state index contributed by atoms with van der Waals surface area (Å²) >= 11 is 0. The zero-order chi connectivity index (χ0) is 24.9. The molecule has 0 aliphatic carbocycles. The van der Waals surface area contributed by atoms with E-state index in [0.29, 0.717) is 17.0 Å². The Morgan fingerprint density at radius 3 is 2.54 bits per heavy atom. The third-order valence-electron chi connectivity index (χ3n) is 5.31. The molecule has 0 aliphatic heterocycles. The minimum absolute atomic E-state index is 0.00109.